The number of unbranched alkanes of at least 4 members (excludes halogenated alkanes) is 2. The summed E-state index contributed by atoms with van der Waals surface area (Å²) in [5.74, 6) is -1.23. The van der Waals surface area contributed by atoms with Gasteiger partial charge in [-0.05, 0) is 66.0 Å². The van der Waals surface area contributed by atoms with Gasteiger partial charge in [0.25, 0.3) is 0 Å². The molecule has 3 N–H and O–H groups in total. The Labute approximate surface area is 144 Å². The van der Waals surface area contributed by atoms with Crippen LogP contribution in [0.4, 0.5) is 0 Å². The van der Waals surface area contributed by atoms with E-state index in [2.05, 4.69) is 33.0 Å². The molecule has 1 heterocycles. The van der Waals surface area contributed by atoms with Crippen molar-refractivity contribution in [2.45, 2.75) is 83.3 Å². The quantitative estimate of drug-likeness (QED) is 0.442. The van der Waals surface area contributed by atoms with Gasteiger partial charge in [0, 0.05) is 29.6 Å². The van der Waals surface area contributed by atoms with Crippen LogP contribution in [0.1, 0.15) is 66.2 Å². The van der Waals surface area contributed by atoms with E-state index >= 15 is 0 Å². The molecular formula is C18H32N2O4. The Morgan fingerprint density at radius 1 is 1.08 bits per heavy atom. The molecule has 0 radical (unpaired) electrons. The molecule has 1 saturated heterocycles. The van der Waals surface area contributed by atoms with Crippen LogP contribution in [0.2, 0.25) is 0 Å². The number of nitrogens with one attached hydrogen (secondary N) is 1. The molecule has 1 fully saturated rings. The fourth-order valence-corrected chi connectivity index (χ4v) is 3.57. The van der Waals surface area contributed by atoms with Crippen LogP contribution in [0.5, 0.6) is 0 Å². The molecule has 0 saturated carbocycles. The standard InChI is InChI=1S/C18H32N2O4/c1-17(2)12-14(13-18(3,4)20(17)24)19-11-7-5-6-8-15(21)9-10-16(22)23/h9-10,14,19,24H,5-8,11-13H2,1-4H3,(H,22,23). The lowest BCUT2D eigenvalue weighted by Crippen LogP contribution is -2.62. The number of carbonyl (C=O) groups is 2. The van der Waals surface area contributed by atoms with E-state index in [1.165, 1.54) is 5.06 Å². The van der Waals surface area contributed by atoms with Gasteiger partial charge in [0.2, 0.25) is 0 Å². The molecule has 6 heteroatoms. The summed E-state index contributed by atoms with van der Waals surface area (Å²) in [4.78, 5) is 21.7. The first-order valence-corrected chi connectivity index (χ1v) is 8.71. The van der Waals surface area contributed by atoms with Gasteiger partial charge >= 0.3 is 5.97 Å². The first-order valence-electron chi connectivity index (χ1n) is 8.71. The van der Waals surface area contributed by atoms with E-state index in [1.807, 2.05) is 0 Å². The summed E-state index contributed by atoms with van der Waals surface area (Å²) < 4.78 is 0. The zero-order valence-corrected chi connectivity index (χ0v) is 15.3. The molecule has 1 aliphatic rings. The molecule has 0 aromatic heterocycles. The normalized spacial score (nSPS) is 21.2. The fourth-order valence-electron chi connectivity index (χ4n) is 3.57. The summed E-state index contributed by atoms with van der Waals surface area (Å²) in [5, 5.41) is 23.8. The minimum Gasteiger partial charge on any atom is -0.478 e. The molecule has 0 aromatic carbocycles. The van der Waals surface area contributed by atoms with Crippen molar-refractivity contribution in [1.29, 1.82) is 0 Å². The van der Waals surface area contributed by atoms with Crippen molar-refractivity contribution in [3.63, 3.8) is 0 Å². The number of piperidine rings is 1. The lowest BCUT2D eigenvalue weighted by Gasteiger charge is -2.51. The number of hydroxylamine groups is 2. The average molecular weight is 340 g/mol. The highest BCUT2D eigenvalue weighted by molar-refractivity contribution is 5.95. The molecule has 138 valence electrons. The number of carboxylic acid groups (broad SMARTS) is 1. The van der Waals surface area contributed by atoms with Crippen molar-refractivity contribution in [2.75, 3.05) is 6.54 Å². The van der Waals surface area contributed by atoms with Crippen molar-refractivity contribution in [3.8, 4) is 0 Å². The third-order valence-electron chi connectivity index (χ3n) is 4.58. The van der Waals surface area contributed by atoms with Crippen LogP contribution in [-0.4, -0.2) is 50.8 Å². The Bertz CT molecular complexity index is 454. The highest BCUT2D eigenvalue weighted by Gasteiger charge is 2.44. The summed E-state index contributed by atoms with van der Waals surface area (Å²) >= 11 is 0. The van der Waals surface area contributed by atoms with Crippen LogP contribution in [-0.2, 0) is 9.59 Å². The average Bonchev–Trinajstić information content (AvgIpc) is 2.45. The second-order valence-electron chi connectivity index (χ2n) is 7.94. The molecule has 24 heavy (non-hydrogen) atoms. The largest absolute Gasteiger partial charge is 0.478 e. The molecule has 0 aromatic rings. The first-order chi connectivity index (χ1) is 11.0. The van der Waals surface area contributed by atoms with Gasteiger partial charge in [0.1, 0.15) is 0 Å². The number of aliphatic carboxylic acids is 1. The number of nitrogens with zero attached hydrogens (tertiary/aromatic N) is 1. The summed E-state index contributed by atoms with van der Waals surface area (Å²) in [5.41, 5.74) is -0.495. The number of ketones is 1. The number of carboxylic acids is 1. The maximum Gasteiger partial charge on any atom is 0.328 e. The van der Waals surface area contributed by atoms with E-state index < -0.39 is 5.97 Å². The summed E-state index contributed by atoms with van der Waals surface area (Å²) in [6.45, 7) is 9.11. The van der Waals surface area contributed by atoms with Crippen LogP contribution in [0.25, 0.3) is 0 Å². The first kappa shape index (κ1) is 20.8. The van der Waals surface area contributed by atoms with Gasteiger partial charge in [-0.15, -0.1) is 0 Å². The van der Waals surface area contributed by atoms with E-state index in [4.69, 9.17) is 5.11 Å². The maximum absolute atomic E-state index is 11.4. The van der Waals surface area contributed by atoms with E-state index in [0.29, 0.717) is 12.5 Å². The third kappa shape index (κ3) is 6.71. The molecule has 0 spiro atoms. The summed E-state index contributed by atoms with van der Waals surface area (Å²) in [7, 11) is 0. The van der Waals surface area contributed by atoms with E-state index in [-0.39, 0.29) is 16.9 Å². The third-order valence-corrected chi connectivity index (χ3v) is 4.58. The number of allylic oxidation sites excluding steroid dienone is 1. The Kier molecular flexibility index (Phi) is 7.57. The van der Waals surface area contributed by atoms with Crippen molar-refractivity contribution in [2.24, 2.45) is 0 Å². The molecule has 6 nitrogen and oxygen atoms in total. The van der Waals surface area contributed by atoms with Crippen LogP contribution in [0, 0.1) is 0 Å². The predicted octanol–water partition coefficient (Wildman–Crippen LogP) is 2.76. The second kappa shape index (κ2) is 8.74. The van der Waals surface area contributed by atoms with Gasteiger partial charge in [-0.3, -0.25) is 4.79 Å². The molecular weight excluding hydrogens is 308 g/mol. The molecule has 0 bridgehead atoms. The van der Waals surface area contributed by atoms with Crippen molar-refractivity contribution >= 4 is 11.8 Å². The predicted molar refractivity (Wildman–Crippen MR) is 93.1 cm³/mol. The van der Waals surface area contributed by atoms with Gasteiger partial charge < -0.3 is 15.6 Å². The minimum absolute atomic E-state index is 0.135. The van der Waals surface area contributed by atoms with Crippen LogP contribution in [0.15, 0.2) is 12.2 Å². The molecule has 0 unspecified atom stereocenters. The van der Waals surface area contributed by atoms with Crippen LogP contribution in [0.3, 0.4) is 0 Å². The zero-order chi connectivity index (χ0) is 18.4. The van der Waals surface area contributed by atoms with Crippen molar-refractivity contribution < 1.29 is 19.9 Å². The van der Waals surface area contributed by atoms with E-state index in [0.717, 1.165) is 50.8 Å². The summed E-state index contributed by atoms with van der Waals surface area (Å²) in [6.07, 6.45) is 6.90. The second-order valence-corrected chi connectivity index (χ2v) is 7.94. The smallest absolute Gasteiger partial charge is 0.328 e. The molecule has 1 rings (SSSR count). The highest BCUT2D eigenvalue weighted by atomic mass is 16.5. The monoisotopic (exact) mass is 340 g/mol. The van der Waals surface area contributed by atoms with Gasteiger partial charge in [-0.1, -0.05) is 6.42 Å². The molecule has 0 amide bonds. The fraction of sp³-hybridized carbons (Fsp3) is 0.778. The number of rotatable bonds is 9. The zero-order valence-electron chi connectivity index (χ0n) is 15.3. The van der Waals surface area contributed by atoms with Gasteiger partial charge in [-0.25, -0.2) is 4.79 Å². The lowest BCUT2D eigenvalue weighted by molar-refractivity contribution is -0.246. The molecule has 0 aliphatic carbocycles. The highest BCUT2D eigenvalue weighted by Crippen LogP contribution is 2.36. The topological polar surface area (TPSA) is 89.9 Å². The Morgan fingerprint density at radius 2 is 1.67 bits per heavy atom. The summed E-state index contributed by atoms with van der Waals surface area (Å²) in [6, 6.07) is 0.374. The number of carbonyl (C=O) groups excluding carboxylic acids is 1. The Morgan fingerprint density at radius 3 is 2.21 bits per heavy atom. The van der Waals surface area contributed by atoms with Crippen LogP contribution < -0.4 is 5.32 Å². The SMILES string of the molecule is CC1(C)CC(NCCCCCC(=O)C=CC(=O)O)CC(C)(C)N1O. The Balaban J connectivity index is 2.22. The van der Waals surface area contributed by atoms with Crippen molar-refractivity contribution in [3.05, 3.63) is 12.2 Å². The molecule has 0 atom stereocenters. The number of hydrogen-bond acceptors (Lipinski definition) is 5. The Hall–Kier alpha value is -1.24. The van der Waals surface area contributed by atoms with Crippen LogP contribution >= 0.6 is 0 Å². The van der Waals surface area contributed by atoms with Crippen molar-refractivity contribution in [1.82, 2.24) is 10.4 Å². The van der Waals surface area contributed by atoms with E-state index in [1.54, 1.807) is 0 Å². The van der Waals surface area contributed by atoms with Gasteiger partial charge in [-0.2, -0.15) is 5.06 Å². The minimum atomic E-state index is -1.09. The number of hydrogen-bond donors (Lipinski definition) is 3. The van der Waals surface area contributed by atoms with Gasteiger partial charge in [0.15, 0.2) is 5.78 Å². The van der Waals surface area contributed by atoms with E-state index in [9.17, 15) is 14.8 Å². The van der Waals surface area contributed by atoms with Gasteiger partial charge in [0.05, 0.1) is 0 Å². The molecule has 1 aliphatic heterocycles. The maximum atomic E-state index is 11.4. The lowest BCUT2D eigenvalue weighted by atomic mass is 9.79.